The molecule has 2 aromatic rings. The molecule has 0 aliphatic carbocycles. The molecule has 2 rings (SSSR count). The summed E-state index contributed by atoms with van der Waals surface area (Å²) in [5.41, 5.74) is 1.79. The SMILES string of the molecule is C=C/C=C(\C=C)OC(=O)c1cccn(Cc2ccc(Cl)nc2)c1=NC. The molecule has 0 atom stereocenters. The smallest absolute Gasteiger partial charge is 0.347 e. The van der Waals surface area contributed by atoms with Gasteiger partial charge in [-0.2, -0.15) is 0 Å². The first-order valence-corrected chi connectivity index (χ1v) is 7.87. The third-order valence-electron chi connectivity index (χ3n) is 3.31. The quantitative estimate of drug-likeness (QED) is 0.345. The first kappa shape index (κ1) is 18.4. The molecule has 0 aliphatic rings. The van der Waals surface area contributed by atoms with Crippen LogP contribution in [0.3, 0.4) is 0 Å². The van der Waals surface area contributed by atoms with E-state index in [0.717, 1.165) is 5.56 Å². The molecule has 0 N–H and O–H groups in total. The number of hydrogen-bond donors (Lipinski definition) is 0. The van der Waals surface area contributed by atoms with E-state index in [0.29, 0.717) is 28.5 Å². The first-order chi connectivity index (χ1) is 12.1. The minimum Gasteiger partial charge on any atom is -0.423 e. The Labute approximate surface area is 151 Å². The molecular weight excluding hydrogens is 338 g/mol. The Bertz CT molecular complexity index is 880. The molecule has 0 amide bonds. The van der Waals surface area contributed by atoms with Crippen molar-refractivity contribution in [3.63, 3.8) is 0 Å². The largest absolute Gasteiger partial charge is 0.423 e. The van der Waals surface area contributed by atoms with Crippen molar-refractivity contribution in [1.29, 1.82) is 0 Å². The number of aromatic nitrogens is 2. The van der Waals surface area contributed by atoms with Gasteiger partial charge >= 0.3 is 5.97 Å². The predicted molar refractivity (Wildman–Crippen MR) is 98.2 cm³/mol. The van der Waals surface area contributed by atoms with Crippen molar-refractivity contribution in [2.45, 2.75) is 6.54 Å². The van der Waals surface area contributed by atoms with Crippen LogP contribution in [-0.4, -0.2) is 22.6 Å². The number of allylic oxidation sites excluding steroid dienone is 3. The Balaban J connectivity index is 2.36. The number of nitrogens with zero attached hydrogens (tertiary/aromatic N) is 3. The molecule has 0 saturated carbocycles. The van der Waals surface area contributed by atoms with Crippen LogP contribution >= 0.6 is 11.6 Å². The molecule has 2 aromatic heterocycles. The third kappa shape index (κ3) is 4.78. The van der Waals surface area contributed by atoms with E-state index < -0.39 is 5.97 Å². The van der Waals surface area contributed by atoms with E-state index in [2.05, 4.69) is 23.1 Å². The normalized spacial score (nSPS) is 11.9. The molecule has 2 heterocycles. The number of rotatable bonds is 6. The van der Waals surface area contributed by atoms with Gasteiger partial charge < -0.3 is 9.30 Å². The van der Waals surface area contributed by atoms with Crippen LogP contribution in [-0.2, 0) is 11.3 Å². The highest BCUT2D eigenvalue weighted by molar-refractivity contribution is 6.29. The monoisotopic (exact) mass is 355 g/mol. The number of carbonyl (C=O) groups excluding carboxylic acids is 1. The van der Waals surface area contributed by atoms with E-state index in [1.165, 1.54) is 12.2 Å². The summed E-state index contributed by atoms with van der Waals surface area (Å²) in [5.74, 6) is -0.198. The molecule has 0 radical (unpaired) electrons. The van der Waals surface area contributed by atoms with E-state index in [-0.39, 0.29) is 0 Å². The van der Waals surface area contributed by atoms with Crippen molar-refractivity contribution in [3.8, 4) is 0 Å². The Hall–Kier alpha value is -2.92. The van der Waals surface area contributed by atoms with Crippen molar-refractivity contribution < 1.29 is 9.53 Å². The maximum absolute atomic E-state index is 12.5. The predicted octanol–water partition coefficient (Wildman–Crippen LogP) is 3.53. The molecule has 0 bridgehead atoms. The number of hydrogen-bond acceptors (Lipinski definition) is 4. The molecule has 0 unspecified atom stereocenters. The van der Waals surface area contributed by atoms with Crippen LogP contribution < -0.4 is 5.49 Å². The maximum atomic E-state index is 12.5. The molecule has 5 nitrogen and oxygen atoms in total. The van der Waals surface area contributed by atoms with E-state index >= 15 is 0 Å². The Morgan fingerprint density at radius 2 is 2.20 bits per heavy atom. The minimum absolute atomic E-state index is 0.319. The van der Waals surface area contributed by atoms with Gasteiger partial charge in [0.15, 0.2) is 0 Å². The van der Waals surface area contributed by atoms with Crippen LogP contribution in [0, 0.1) is 0 Å². The summed E-state index contributed by atoms with van der Waals surface area (Å²) in [7, 11) is 1.62. The Kier molecular flexibility index (Phi) is 6.48. The first-order valence-electron chi connectivity index (χ1n) is 7.49. The van der Waals surface area contributed by atoms with Crippen molar-refractivity contribution >= 4 is 17.6 Å². The fourth-order valence-electron chi connectivity index (χ4n) is 2.20. The van der Waals surface area contributed by atoms with Crippen LogP contribution in [0.1, 0.15) is 15.9 Å². The highest BCUT2D eigenvalue weighted by Gasteiger charge is 2.13. The summed E-state index contributed by atoms with van der Waals surface area (Å²) >= 11 is 5.81. The van der Waals surface area contributed by atoms with E-state index in [1.807, 2.05) is 16.8 Å². The maximum Gasteiger partial charge on any atom is 0.347 e. The fourth-order valence-corrected chi connectivity index (χ4v) is 2.31. The van der Waals surface area contributed by atoms with Crippen LogP contribution in [0.15, 0.2) is 78.8 Å². The van der Waals surface area contributed by atoms with Crippen molar-refractivity contribution in [1.82, 2.24) is 9.55 Å². The minimum atomic E-state index is -0.516. The van der Waals surface area contributed by atoms with Gasteiger partial charge in [-0.05, 0) is 35.9 Å². The molecule has 0 fully saturated rings. The summed E-state index contributed by atoms with van der Waals surface area (Å²) in [6, 6.07) is 7.01. The molecule has 25 heavy (non-hydrogen) atoms. The lowest BCUT2D eigenvalue weighted by atomic mass is 10.2. The van der Waals surface area contributed by atoms with Crippen LogP contribution in [0.25, 0.3) is 0 Å². The summed E-state index contributed by atoms with van der Waals surface area (Å²) in [5, 5.41) is 0.428. The van der Waals surface area contributed by atoms with Gasteiger partial charge in [0, 0.05) is 19.4 Å². The van der Waals surface area contributed by atoms with Gasteiger partial charge in [-0.3, -0.25) is 4.99 Å². The van der Waals surface area contributed by atoms with Crippen molar-refractivity contribution in [2.75, 3.05) is 7.05 Å². The summed E-state index contributed by atoms with van der Waals surface area (Å²) in [6.45, 7) is 7.68. The number of pyridine rings is 2. The Morgan fingerprint density at radius 1 is 1.40 bits per heavy atom. The number of esters is 1. The van der Waals surface area contributed by atoms with E-state index in [4.69, 9.17) is 16.3 Å². The summed E-state index contributed by atoms with van der Waals surface area (Å²) in [6.07, 6.45) is 8.04. The van der Waals surface area contributed by atoms with Gasteiger partial charge in [0.1, 0.15) is 22.0 Å². The van der Waals surface area contributed by atoms with Gasteiger partial charge in [0.05, 0.1) is 6.54 Å². The van der Waals surface area contributed by atoms with Crippen molar-refractivity contribution in [3.05, 3.63) is 95.6 Å². The molecule has 0 saturated heterocycles. The molecule has 0 aromatic carbocycles. The van der Waals surface area contributed by atoms with Gasteiger partial charge in [-0.1, -0.05) is 36.9 Å². The topological polar surface area (TPSA) is 56.5 Å². The van der Waals surface area contributed by atoms with E-state index in [9.17, 15) is 4.79 Å². The molecule has 128 valence electrons. The van der Waals surface area contributed by atoms with Crippen molar-refractivity contribution in [2.24, 2.45) is 4.99 Å². The van der Waals surface area contributed by atoms with Crippen LogP contribution in [0.5, 0.6) is 0 Å². The number of ether oxygens (including phenoxy) is 1. The van der Waals surface area contributed by atoms with Gasteiger partial charge in [0.2, 0.25) is 0 Å². The second-order valence-electron chi connectivity index (χ2n) is 4.98. The van der Waals surface area contributed by atoms with Crippen LogP contribution in [0.2, 0.25) is 5.15 Å². The molecule has 0 spiro atoms. The lowest BCUT2D eigenvalue weighted by molar-refractivity contribution is 0.0634. The zero-order valence-electron chi connectivity index (χ0n) is 13.9. The zero-order chi connectivity index (χ0) is 18.2. The van der Waals surface area contributed by atoms with Gasteiger partial charge in [0.25, 0.3) is 0 Å². The van der Waals surface area contributed by atoms with E-state index in [1.54, 1.807) is 37.5 Å². The second kappa shape index (κ2) is 8.80. The Morgan fingerprint density at radius 3 is 2.80 bits per heavy atom. The summed E-state index contributed by atoms with van der Waals surface area (Å²) < 4.78 is 7.16. The average molecular weight is 356 g/mol. The second-order valence-corrected chi connectivity index (χ2v) is 5.37. The standard InChI is InChI=1S/C19H18ClN3O2/c1-4-7-15(5-2)25-19(24)16-8-6-11-23(18(16)21-3)13-14-9-10-17(20)22-12-14/h4-12H,1-2,13H2,3H3/b15-7+,21-18?. The highest BCUT2D eigenvalue weighted by atomic mass is 35.5. The fraction of sp³-hybridized carbons (Fsp3) is 0.105. The average Bonchev–Trinajstić information content (AvgIpc) is 2.62. The highest BCUT2D eigenvalue weighted by Crippen LogP contribution is 2.08. The molecular formula is C19H18ClN3O2. The molecule has 0 aliphatic heterocycles. The summed E-state index contributed by atoms with van der Waals surface area (Å²) in [4.78, 5) is 20.8. The third-order valence-corrected chi connectivity index (χ3v) is 3.53. The lowest BCUT2D eigenvalue weighted by Gasteiger charge is -2.11. The number of carbonyl (C=O) groups is 1. The lowest BCUT2D eigenvalue weighted by Crippen LogP contribution is -2.28. The van der Waals surface area contributed by atoms with Gasteiger partial charge in [-0.25, -0.2) is 9.78 Å². The zero-order valence-corrected chi connectivity index (χ0v) is 14.6. The molecule has 6 heteroatoms. The number of halogens is 1. The van der Waals surface area contributed by atoms with Gasteiger partial charge in [-0.15, -0.1) is 0 Å². The van der Waals surface area contributed by atoms with Crippen LogP contribution in [0.4, 0.5) is 0 Å².